The summed E-state index contributed by atoms with van der Waals surface area (Å²) in [6.45, 7) is 0. The Balaban J connectivity index is 1.35. The largest absolute Gasteiger partial charge is 0.492 e. The number of benzene rings is 5. The molecule has 6 aromatic rings. The molecule has 1 aliphatic heterocycles. The van der Waals surface area contributed by atoms with E-state index in [2.05, 4.69) is 77.7 Å². The van der Waals surface area contributed by atoms with Gasteiger partial charge in [0.2, 0.25) is 0 Å². The number of hydrogen-bond acceptors (Lipinski definition) is 5. The number of nitrogens with zero attached hydrogens (tertiary/aromatic N) is 1. The molecule has 2 N–H and O–H groups in total. The fourth-order valence-corrected chi connectivity index (χ4v) is 6.10. The third kappa shape index (κ3) is 3.27. The highest BCUT2D eigenvalue weighted by Crippen LogP contribution is 2.51. The average molecular weight is 485 g/mol. The Morgan fingerprint density at radius 1 is 0.611 bits per heavy atom. The summed E-state index contributed by atoms with van der Waals surface area (Å²) in [7, 11) is -1.59. The normalized spacial score (nSPS) is 12.6. The van der Waals surface area contributed by atoms with Crippen LogP contribution in [-0.4, -0.2) is 17.2 Å². The van der Waals surface area contributed by atoms with Gasteiger partial charge in [0.05, 0.1) is 11.4 Å². The molecule has 0 unspecified atom stereocenters. The van der Waals surface area contributed by atoms with E-state index in [1.807, 2.05) is 30.3 Å². The maximum atomic E-state index is 9.82. The maximum Gasteiger partial charge on any atom is 0.492 e. The second kappa shape index (κ2) is 8.31. The SMILES string of the molecule is OB(O)c1cccc2c1oc1c(-c3ccc(N4c5ccccc5Sc5ccccc54)cc3)cccc12. The van der Waals surface area contributed by atoms with E-state index < -0.39 is 7.12 Å². The molecule has 0 amide bonds. The lowest BCUT2D eigenvalue weighted by Gasteiger charge is -2.32. The molecule has 4 nitrogen and oxygen atoms in total. The van der Waals surface area contributed by atoms with Crippen molar-refractivity contribution in [3.63, 3.8) is 0 Å². The van der Waals surface area contributed by atoms with Gasteiger partial charge >= 0.3 is 7.12 Å². The molecule has 0 saturated heterocycles. The minimum atomic E-state index is -1.59. The lowest BCUT2D eigenvalue weighted by molar-refractivity contribution is 0.425. The van der Waals surface area contributed by atoms with Gasteiger partial charge in [0, 0.05) is 37.3 Å². The van der Waals surface area contributed by atoms with Crippen molar-refractivity contribution >= 4 is 63.3 Å². The predicted molar refractivity (Wildman–Crippen MR) is 148 cm³/mol. The molecular weight excluding hydrogens is 465 g/mol. The Hall–Kier alpha value is -3.97. The summed E-state index contributed by atoms with van der Waals surface area (Å²) in [5.41, 5.74) is 7.02. The van der Waals surface area contributed by atoms with E-state index in [0.29, 0.717) is 11.0 Å². The van der Waals surface area contributed by atoms with Crippen molar-refractivity contribution in [1.29, 1.82) is 0 Å². The molecule has 0 atom stereocenters. The van der Waals surface area contributed by atoms with Gasteiger partial charge in [0.25, 0.3) is 0 Å². The molecule has 172 valence electrons. The molecular formula is C30H20BNO3S. The minimum absolute atomic E-state index is 0.366. The van der Waals surface area contributed by atoms with Crippen LogP contribution in [0, 0.1) is 0 Å². The van der Waals surface area contributed by atoms with Gasteiger partial charge in [-0.25, -0.2) is 0 Å². The van der Waals surface area contributed by atoms with Crippen LogP contribution in [-0.2, 0) is 0 Å². The molecule has 1 aliphatic rings. The summed E-state index contributed by atoms with van der Waals surface area (Å²) in [5.74, 6) is 0. The summed E-state index contributed by atoms with van der Waals surface area (Å²) in [5, 5.41) is 21.5. The molecule has 0 fully saturated rings. The molecule has 5 aromatic carbocycles. The third-order valence-corrected chi connectivity index (χ3v) is 7.83. The Kier molecular flexibility index (Phi) is 4.92. The summed E-state index contributed by atoms with van der Waals surface area (Å²) < 4.78 is 6.24. The van der Waals surface area contributed by atoms with Gasteiger partial charge in [-0.05, 0) is 42.0 Å². The first-order valence-corrected chi connectivity index (χ1v) is 12.6. The predicted octanol–water partition coefficient (Wildman–Crippen LogP) is 6.87. The molecule has 0 radical (unpaired) electrons. The van der Waals surface area contributed by atoms with E-state index in [0.717, 1.165) is 33.2 Å². The van der Waals surface area contributed by atoms with Crippen LogP contribution < -0.4 is 10.4 Å². The van der Waals surface area contributed by atoms with E-state index in [1.54, 1.807) is 17.8 Å². The molecule has 0 aliphatic carbocycles. The van der Waals surface area contributed by atoms with Crippen LogP contribution in [0.3, 0.4) is 0 Å². The fourth-order valence-electron chi connectivity index (χ4n) is 5.05. The first kappa shape index (κ1) is 21.3. The van der Waals surface area contributed by atoms with E-state index in [1.165, 1.54) is 21.2 Å². The summed E-state index contributed by atoms with van der Waals surface area (Å²) in [6, 6.07) is 37.0. The van der Waals surface area contributed by atoms with E-state index in [9.17, 15) is 10.0 Å². The van der Waals surface area contributed by atoms with Crippen LogP contribution in [0.15, 0.2) is 123 Å². The van der Waals surface area contributed by atoms with E-state index >= 15 is 0 Å². The summed E-state index contributed by atoms with van der Waals surface area (Å²) in [4.78, 5) is 4.77. The molecule has 0 bridgehead atoms. The first-order chi connectivity index (χ1) is 17.7. The fraction of sp³-hybridized carbons (Fsp3) is 0. The number of rotatable bonds is 3. The molecule has 0 saturated carbocycles. The summed E-state index contributed by atoms with van der Waals surface area (Å²) >= 11 is 1.80. The number of para-hydroxylation sites is 4. The topological polar surface area (TPSA) is 56.8 Å². The molecule has 1 aromatic heterocycles. The zero-order valence-electron chi connectivity index (χ0n) is 19.1. The van der Waals surface area contributed by atoms with Gasteiger partial charge in [0.15, 0.2) is 0 Å². The van der Waals surface area contributed by atoms with Crippen LogP contribution in [0.2, 0.25) is 0 Å². The summed E-state index contributed by atoms with van der Waals surface area (Å²) in [6.07, 6.45) is 0. The molecule has 0 spiro atoms. The zero-order valence-corrected chi connectivity index (χ0v) is 19.9. The molecule has 7 rings (SSSR count). The molecule has 6 heteroatoms. The van der Waals surface area contributed by atoms with Crippen LogP contribution in [0.4, 0.5) is 17.1 Å². The average Bonchev–Trinajstić information content (AvgIpc) is 3.31. The maximum absolute atomic E-state index is 9.82. The van der Waals surface area contributed by atoms with Crippen LogP contribution >= 0.6 is 11.8 Å². The van der Waals surface area contributed by atoms with Gasteiger partial charge in [-0.2, -0.15) is 0 Å². The quantitative estimate of drug-likeness (QED) is 0.268. The van der Waals surface area contributed by atoms with Gasteiger partial charge in [-0.3, -0.25) is 0 Å². The minimum Gasteiger partial charge on any atom is -0.456 e. The number of furan rings is 1. The van der Waals surface area contributed by atoms with Crippen molar-refractivity contribution in [2.45, 2.75) is 9.79 Å². The van der Waals surface area contributed by atoms with Crippen molar-refractivity contribution in [3.05, 3.63) is 109 Å². The van der Waals surface area contributed by atoms with Gasteiger partial charge in [-0.15, -0.1) is 0 Å². The second-order valence-corrected chi connectivity index (χ2v) is 9.89. The van der Waals surface area contributed by atoms with Crippen LogP contribution in [0.5, 0.6) is 0 Å². The van der Waals surface area contributed by atoms with Crippen LogP contribution in [0.1, 0.15) is 0 Å². The van der Waals surface area contributed by atoms with E-state index in [-0.39, 0.29) is 0 Å². The van der Waals surface area contributed by atoms with Crippen molar-refractivity contribution in [3.8, 4) is 11.1 Å². The molecule has 2 heterocycles. The standard InChI is InChI=1S/C30H20BNO3S/c33-31(34)24-10-6-9-23-22-8-5-7-21(29(22)35-30(23)24)19-15-17-20(18-16-19)32-25-11-1-3-13-27(25)36-28-14-4-2-12-26(28)32/h1-18,33-34H. The first-order valence-electron chi connectivity index (χ1n) is 11.8. The molecule has 36 heavy (non-hydrogen) atoms. The van der Waals surface area contributed by atoms with Crippen molar-refractivity contribution in [2.75, 3.05) is 4.90 Å². The second-order valence-electron chi connectivity index (χ2n) is 8.80. The van der Waals surface area contributed by atoms with Crippen molar-refractivity contribution in [2.24, 2.45) is 0 Å². The van der Waals surface area contributed by atoms with Crippen LogP contribution in [0.25, 0.3) is 33.1 Å². The van der Waals surface area contributed by atoms with E-state index in [4.69, 9.17) is 4.42 Å². The number of hydrogen-bond donors (Lipinski definition) is 2. The number of anilines is 3. The lowest BCUT2D eigenvalue weighted by Crippen LogP contribution is -2.29. The van der Waals surface area contributed by atoms with Crippen molar-refractivity contribution in [1.82, 2.24) is 0 Å². The highest BCUT2D eigenvalue weighted by molar-refractivity contribution is 7.99. The highest BCUT2D eigenvalue weighted by atomic mass is 32.2. The van der Waals surface area contributed by atoms with Gasteiger partial charge in [-0.1, -0.05) is 84.6 Å². The third-order valence-electron chi connectivity index (χ3n) is 6.70. The van der Waals surface area contributed by atoms with Gasteiger partial charge in [0.1, 0.15) is 11.2 Å². The Labute approximate surface area is 212 Å². The Morgan fingerprint density at radius 2 is 1.22 bits per heavy atom. The van der Waals surface area contributed by atoms with Crippen molar-refractivity contribution < 1.29 is 14.5 Å². The monoisotopic (exact) mass is 485 g/mol. The Bertz CT molecular complexity index is 1720. The smallest absolute Gasteiger partial charge is 0.456 e. The highest BCUT2D eigenvalue weighted by Gasteiger charge is 2.24. The van der Waals surface area contributed by atoms with Gasteiger partial charge < -0.3 is 19.4 Å². The zero-order chi connectivity index (χ0) is 24.2. The Morgan fingerprint density at radius 3 is 1.89 bits per heavy atom. The lowest BCUT2D eigenvalue weighted by atomic mass is 9.79. The number of fused-ring (bicyclic) bond motifs is 5.